The van der Waals surface area contributed by atoms with E-state index in [0.29, 0.717) is 22.7 Å². The van der Waals surface area contributed by atoms with Gasteiger partial charge in [-0.05, 0) is 12.1 Å². The monoisotopic (exact) mass is 308 g/mol. The molecule has 3 aromatic rings. The lowest BCUT2D eigenvalue weighted by molar-refractivity contribution is -0.114. The zero-order chi connectivity index (χ0) is 16.4. The number of fused-ring (bicyclic) bond motifs is 1. The predicted molar refractivity (Wildman–Crippen MR) is 89.0 cm³/mol. The number of anilines is 1. The standard InChI is InChI=1S/C18H16N2O3/c1-11(21)19-16-14-9-8-13(23-2)10-15(14)20-17(16)18(22)12-6-4-3-5-7-12/h3-10,20H,1-2H3,(H,19,21). The third-order valence-electron chi connectivity index (χ3n) is 3.57. The summed E-state index contributed by atoms with van der Waals surface area (Å²) in [5, 5.41) is 3.52. The first-order chi connectivity index (χ1) is 11.1. The Morgan fingerprint density at radius 1 is 1.09 bits per heavy atom. The van der Waals surface area contributed by atoms with Crippen LogP contribution in [0.15, 0.2) is 48.5 Å². The molecule has 0 saturated carbocycles. The molecule has 5 heteroatoms. The summed E-state index contributed by atoms with van der Waals surface area (Å²) in [6.07, 6.45) is 0. The third kappa shape index (κ3) is 2.81. The van der Waals surface area contributed by atoms with Crippen molar-refractivity contribution in [3.8, 4) is 5.75 Å². The summed E-state index contributed by atoms with van der Waals surface area (Å²) >= 11 is 0. The van der Waals surface area contributed by atoms with Crippen molar-refractivity contribution in [2.24, 2.45) is 0 Å². The van der Waals surface area contributed by atoms with E-state index in [1.165, 1.54) is 6.92 Å². The van der Waals surface area contributed by atoms with Gasteiger partial charge in [0.05, 0.1) is 18.3 Å². The first-order valence-corrected chi connectivity index (χ1v) is 7.17. The molecule has 23 heavy (non-hydrogen) atoms. The van der Waals surface area contributed by atoms with Crippen molar-refractivity contribution in [3.63, 3.8) is 0 Å². The van der Waals surface area contributed by atoms with Crippen LogP contribution < -0.4 is 10.1 Å². The second-order valence-corrected chi connectivity index (χ2v) is 5.16. The molecule has 0 spiro atoms. The molecule has 0 atom stereocenters. The Labute approximate surface area is 133 Å². The van der Waals surface area contributed by atoms with E-state index >= 15 is 0 Å². The van der Waals surface area contributed by atoms with Crippen LogP contribution in [0, 0.1) is 0 Å². The number of hydrogen-bond donors (Lipinski definition) is 2. The first-order valence-electron chi connectivity index (χ1n) is 7.17. The summed E-state index contributed by atoms with van der Waals surface area (Å²) in [5.74, 6) is 0.264. The summed E-state index contributed by atoms with van der Waals surface area (Å²) in [7, 11) is 1.58. The van der Waals surface area contributed by atoms with E-state index < -0.39 is 0 Å². The number of carbonyl (C=O) groups excluding carboxylic acids is 2. The fourth-order valence-electron chi connectivity index (χ4n) is 2.51. The molecule has 2 aromatic carbocycles. The van der Waals surface area contributed by atoms with E-state index in [1.54, 1.807) is 43.5 Å². The van der Waals surface area contributed by atoms with Crippen LogP contribution in [0.3, 0.4) is 0 Å². The number of ether oxygens (including phenoxy) is 1. The number of carbonyl (C=O) groups is 2. The van der Waals surface area contributed by atoms with Crippen molar-refractivity contribution in [3.05, 3.63) is 59.8 Å². The second kappa shape index (κ2) is 5.96. The van der Waals surface area contributed by atoms with Crippen LogP contribution in [0.25, 0.3) is 10.9 Å². The van der Waals surface area contributed by atoms with Gasteiger partial charge in [-0.25, -0.2) is 0 Å². The number of hydrogen-bond acceptors (Lipinski definition) is 3. The van der Waals surface area contributed by atoms with Crippen LogP contribution in [0.1, 0.15) is 23.0 Å². The maximum absolute atomic E-state index is 12.8. The van der Waals surface area contributed by atoms with E-state index in [2.05, 4.69) is 10.3 Å². The second-order valence-electron chi connectivity index (χ2n) is 5.16. The summed E-state index contributed by atoms with van der Waals surface area (Å²) in [5.41, 5.74) is 2.13. The number of nitrogens with one attached hydrogen (secondary N) is 2. The van der Waals surface area contributed by atoms with Gasteiger partial charge in [-0.1, -0.05) is 30.3 Å². The fourth-order valence-corrected chi connectivity index (χ4v) is 2.51. The van der Waals surface area contributed by atoms with Crippen LogP contribution in [0.2, 0.25) is 0 Å². The lowest BCUT2D eigenvalue weighted by Gasteiger charge is -2.05. The van der Waals surface area contributed by atoms with E-state index in [-0.39, 0.29) is 11.7 Å². The highest BCUT2D eigenvalue weighted by Gasteiger charge is 2.20. The lowest BCUT2D eigenvalue weighted by atomic mass is 10.1. The van der Waals surface area contributed by atoms with Crippen molar-refractivity contribution >= 4 is 28.3 Å². The van der Waals surface area contributed by atoms with Crippen molar-refractivity contribution in [2.45, 2.75) is 6.92 Å². The Morgan fingerprint density at radius 2 is 1.83 bits per heavy atom. The van der Waals surface area contributed by atoms with Crippen LogP contribution in [-0.4, -0.2) is 23.8 Å². The molecule has 1 heterocycles. The number of rotatable bonds is 4. The zero-order valence-corrected chi connectivity index (χ0v) is 12.8. The summed E-state index contributed by atoms with van der Waals surface area (Å²) in [6.45, 7) is 1.42. The van der Waals surface area contributed by atoms with E-state index in [0.717, 1.165) is 10.9 Å². The van der Waals surface area contributed by atoms with Gasteiger partial charge in [0.1, 0.15) is 11.4 Å². The number of benzene rings is 2. The SMILES string of the molecule is COc1ccc2c(NC(C)=O)c(C(=O)c3ccccc3)[nH]c2c1. The molecular weight excluding hydrogens is 292 g/mol. The predicted octanol–water partition coefficient (Wildman–Crippen LogP) is 3.37. The number of ketones is 1. The molecule has 1 amide bonds. The maximum Gasteiger partial charge on any atom is 0.221 e. The molecule has 0 unspecified atom stereocenters. The van der Waals surface area contributed by atoms with Crippen LogP contribution in [0.5, 0.6) is 5.75 Å². The minimum atomic E-state index is -0.233. The number of aromatic nitrogens is 1. The van der Waals surface area contributed by atoms with Gasteiger partial charge in [0.15, 0.2) is 0 Å². The fraction of sp³-hybridized carbons (Fsp3) is 0.111. The number of aromatic amines is 1. The van der Waals surface area contributed by atoms with E-state index in [4.69, 9.17) is 4.74 Å². The first kappa shape index (κ1) is 14.8. The molecule has 0 aliphatic carbocycles. The Morgan fingerprint density at radius 3 is 2.48 bits per heavy atom. The van der Waals surface area contributed by atoms with E-state index in [1.807, 2.05) is 12.1 Å². The van der Waals surface area contributed by atoms with Gasteiger partial charge < -0.3 is 15.0 Å². The van der Waals surface area contributed by atoms with Gasteiger partial charge >= 0.3 is 0 Å². The molecule has 1 aromatic heterocycles. The molecule has 0 radical (unpaired) electrons. The smallest absolute Gasteiger partial charge is 0.221 e. The highest BCUT2D eigenvalue weighted by atomic mass is 16.5. The Balaban J connectivity index is 2.18. The molecule has 0 saturated heterocycles. The molecule has 0 fully saturated rings. The van der Waals surface area contributed by atoms with Crippen LogP contribution >= 0.6 is 0 Å². The van der Waals surface area contributed by atoms with Gasteiger partial charge in [0.25, 0.3) is 0 Å². The molecule has 3 rings (SSSR count). The minimum Gasteiger partial charge on any atom is -0.497 e. The molecule has 5 nitrogen and oxygen atoms in total. The molecule has 2 N–H and O–H groups in total. The topological polar surface area (TPSA) is 71.2 Å². The minimum absolute atomic E-state index is 0.176. The van der Waals surface area contributed by atoms with Gasteiger partial charge in [-0.15, -0.1) is 0 Å². The van der Waals surface area contributed by atoms with Gasteiger partial charge in [0, 0.05) is 23.9 Å². The van der Waals surface area contributed by atoms with Crippen LogP contribution in [-0.2, 0) is 4.79 Å². The summed E-state index contributed by atoms with van der Waals surface area (Å²) in [4.78, 5) is 27.4. The van der Waals surface area contributed by atoms with Crippen molar-refractivity contribution in [1.82, 2.24) is 4.98 Å². The maximum atomic E-state index is 12.8. The Bertz CT molecular complexity index is 882. The Kier molecular flexibility index (Phi) is 3.85. The molecule has 116 valence electrons. The van der Waals surface area contributed by atoms with E-state index in [9.17, 15) is 9.59 Å². The summed E-state index contributed by atoms with van der Waals surface area (Å²) in [6, 6.07) is 14.3. The highest BCUT2D eigenvalue weighted by molar-refractivity contribution is 6.18. The zero-order valence-electron chi connectivity index (χ0n) is 12.8. The third-order valence-corrected chi connectivity index (χ3v) is 3.57. The number of H-pyrrole nitrogens is 1. The molecule has 0 aliphatic heterocycles. The number of amides is 1. The summed E-state index contributed by atoms with van der Waals surface area (Å²) < 4.78 is 5.21. The largest absolute Gasteiger partial charge is 0.497 e. The molecule has 0 aliphatic rings. The average Bonchev–Trinajstić information content (AvgIpc) is 2.92. The lowest BCUT2D eigenvalue weighted by Crippen LogP contribution is -2.11. The average molecular weight is 308 g/mol. The van der Waals surface area contributed by atoms with Crippen LogP contribution in [0.4, 0.5) is 5.69 Å². The number of methoxy groups -OCH3 is 1. The highest BCUT2D eigenvalue weighted by Crippen LogP contribution is 2.31. The Hall–Kier alpha value is -3.08. The van der Waals surface area contributed by atoms with Crippen molar-refractivity contribution < 1.29 is 14.3 Å². The normalized spacial score (nSPS) is 10.5. The van der Waals surface area contributed by atoms with Gasteiger partial charge in [0.2, 0.25) is 11.7 Å². The molecular formula is C18H16N2O3. The van der Waals surface area contributed by atoms with Gasteiger partial charge in [-0.3, -0.25) is 9.59 Å². The van der Waals surface area contributed by atoms with Crippen molar-refractivity contribution in [2.75, 3.05) is 12.4 Å². The molecule has 0 bridgehead atoms. The van der Waals surface area contributed by atoms with Gasteiger partial charge in [-0.2, -0.15) is 0 Å². The van der Waals surface area contributed by atoms with Crippen molar-refractivity contribution in [1.29, 1.82) is 0 Å². The quantitative estimate of drug-likeness (QED) is 0.726.